The molecule has 3 unspecified atom stereocenters. The van der Waals surface area contributed by atoms with Crippen LogP contribution in [0.5, 0.6) is 0 Å². The van der Waals surface area contributed by atoms with Gasteiger partial charge in [-0.2, -0.15) is 0 Å². The first-order valence-corrected chi connectivity index (χ1v) is 6.69. The highest BCUT2D eigenvalue weighted by atomic mass is 16.3. The summed E-state index contributed by atoms with van der Waals surface area (Å²) in [4.78, 5) is 0. The van der Waals surface area contributed by atoms with Gasteiger partial charge in [-0.1, -0.05) is 46.5 Å². The Hall–Kier alpha value is -0.0400. The average Bonchev–Trinajstić information content (AvgIpc) is 2.16. The molecule has 1 fully saturated rings. The van der Waals surface area contributed by atoms with E-state index >= 15 is 0 Å². The highest BCUT2D eigenvalue weighted by Gasteiger charge is 2.38. The molecule has 1 heteroatoms. The Morgan fingerprint density at radius 1 is 1.27 bits per heavy atom. The topological polar surface area (TPSA) is 20.2 Å². The van der Waals surface area contributed by atoms with E-state index in [1.807, 2.05) is 0 Å². The first-order chi connectivity index (χ1) is 6.97. The lowest BCUT2D eigenvalue weighted by Crippen LogP contribution is -2.41. The number of aliphatic hydroxyl groups is 1. The van der Waals surface area contributed by atoms with Gasteiger partial charge in [0.25, 0.3) is 0 Å². The normalized spacial score (nSPS) is 31.6. The van der Waals surface area contributed by atoms with E-state index in [1.54, 1.807) is 0 Å². The van der Waals surface area contributed by atoms with Gasteiger partial charge in [-0.15, -0.1) is 0 Å². The van der Waals surface area contributed by atoms with E-state index in [4.69, 9.17) is 0 Å². The third-order valence-corrected chi connectivity index (χ3v) is 4.05. The zero-order valence-corrected chi connectivity index (χ0v) is 10.9. The fourth-order valence-electron chi connectivity index (χ4n) is 3.49. The molecule has 0 radical (unpaired) electrons. The molecule has 0 aromatic rings. The van der Waals surface area contributed by atoms with Crippen molar-refractivity contribution in [2.24, 2.45) is 17.8 Å². The number of hydrogen-bond acceptors (Lipinski definition) is 1. The highest BCUT2D eigenvalue weighted by Crippen LogP contribution is 2.41. The third kappa shape index (κ3) is 3.48. The third-order valence-electron chi connectivity index (χ3n) is 4.05. The van der Waals surface area contributed by atoms with Crippen molar-refractivity contribution >= 4 is 0 Å². The minimum absolute atomic E-state index is 0.435. The Labute approximate surface area is 95.3 Å². The molecular formula is C14H28O. The molecule has 1 rings (SSSR count). The van der Waals surface area contributed by atoms with Gasteiger partial charge in [0.1, 0.15) is 0 Å². The van der Waals surface area contributed by atoms with Crippen LogP contribution < -0.4 is 0 Å². The average molecular weight is 212 g/mol. The molecule has 0 amide bonds. The molecule has 1 aliphatic carbocycles. The lowest BCUT2D eigenvalue weighted by Gasteiger charge is -2.42. The van der Waals surface area contributed by atoms with Crippen molar-refractivity contribution in [1.29, 1.82) is 0 Å². The van der Waals surface area contributed by atoms with Crippen LogP contribution in [0.25, 0.3) is 0 Å². The van der Waals surface area contributed by atoms with E-state index in [1.165, 1.54) is 32.1 Å². The monoisotopic (exact) mass is 212 g/mol. The quantitative estimate of drug-likeness (QED) is 0.747. The van der Waals surface area contributed by atoms with Gasteiger partial charge in [-0.3, -0.25) is 0 Å². The molecule has 0 aromatic heterocycles. The Kier molecular flexibility index (Phi) is 4.64. The Morgan fingerprint density at radius 3 is 2.40 bits per heavy atom. The maximum absolute atomic E-state index is 10.6. The highest BCUT2D eigenvalue weighted by molar-refractivity contribution is 4.89. The summed E-state index contributed by atoms with van der Waals surface area (Å²) < 4.78 is 0. The zero-order valence-electron chi connectivity index (χ0n) is 10.9. The molecule has 15 heavy (non-hydrogen) atoms. The first kappa shape index (κ1) is 13.0. The Balaban J connectivity index is 2.64. The van der Waals surface area contributed by atoms with Crippen molar-refractivity contribution < 1.29 is 5.11 Å². The predicted molar refractivity (Wildman–Crippen MR) is 65.8 cm³/mol. The minimum atomic E-state index is -0.435. The molecule has 0 saturated heterocycles. The van der Waals surface area contributed by atoms with Crippen LogP contribution in [0.15, 0.2) is 0 Å². The Bertz CT molecular complexity index is 184. The SMILES string of the molecule is CCC1CCCCC1C(C)(O)CC(C)C. The summed E-state index contributed by atoms with van der Waals surface area (Å²) in [6, 6.07) is 0. The van der Waals surface area contributed by atoms with E-state index in [-0.39, 0.29) is 0 Å². The standard InChI is InChI=1S/C14H28O/c1-5-12-8-6-7-9-13(12)14(4,15)10-11(2)3/h11-13,15H,5-10H2,1-4H3. The van der Waals surface area contributed by atoms with E-state index in [2.05, 4.69) is 27.7 Å². The van der Waals surface area contributed by atoms with E-state index < -0.39 is 5.60 Å². The molecule has 1 aliphatic rings. The van der Waals surface area contributed by atoms with Crippen LogP contribution in [0.4, 0.5) is 0 Å². The van der Waals surface area contributed by atoms with Crippen LogP contribution >= 0.6 is 0 Å². The largest absolute Gasteiger partial charge is 0.390 e. The molecule has 0 aliphatic heterocycles. The summed E-state index contributed by atoms with van der Waals surface area (Å²) in [5.41, 5.74) is -0.435. The fourth-order valence-corrected chi connectivity index (χ4v) is 3.49. The number of hydrogen-bond donors (Lipinski definition) is 1. The molecule has 0 bridgehead atoms. The van der Waals surface area contributed by atoms with Crippen molar-refractivity contribution in [3.63, 3.8) is 0 Å². The van der Waals surface area contributed by atoms with Crippen molar-refractivity contribution in [3.8, 4) is 0 Å². The Morgan fingerprint density at radius 2 is 1.87 bits per heavy atom. The van der Waals surface area contributed by atoms with Gasteiger partial charge < -0.3 is 5.11 Å². The minimum Gasteiger partial charge on any atom is -0.390 e. The van der Waals surface area contributed by atoms with Gasteiger partial charge in [0.05, 0.1) is 5.60 Å². The summed E-state index contributed by atoms with van der Waals surface area (Å²) in [6.45, 7) is 8.75. The van der Waals surface area contributed by atoms with Crippen molar-refractivity contribution in [1.82, 2.24) is 0 Å². The molecule has 0 aromatic carbocycles. The van der Waals surface area contributed by atoms with Crippen LogP contribution in [0.2, 0.25) is 0 Å². The smallest absolute Gasteiger partial charge is 0.0652 e. The van der Waals surface area contributed by atoms with Crippen LogP contribution in [0.3, 0.4) is 0 Å². The van der Waals surface area contributed by atoms with Gasteiger partial charge in [-0.25, -0.2) is 0 Å². The van der Waals surface area contributed by atoms with Gasteiger partial charge >= 0.3 is 0 Å². The van der Waals surface area contributed by atoms with Gasteiger partial charge in [0.2, 0.25) is 0 Å². The predicted octanol–water partition coefficient (Wildman–Crippen LogP) is 4.00. The second-order valence-corrected chi connectivity index (χ2v) is 6.01. The van der Waals surface area contributed by atoms with Crippen molar-refractivity contribution in [2.75, 3.05) is 0 Å². The van der Waals surface area contributed by atoms with E-state index in [0.717, 1.165) is 12.3 Å². The van der Waals surface area contributed by atoms with Gasteiger partial charge in [0, 0.05) is 0 Å². The van der Waals surface area contributed by atoms with Crippen molar-refractivity contribution in [3.05, 3.63) is 0 Å². The molecular weight excluding hydrogens is 184 g/mol. The molecule has 90 valence electrons. The molecule has 3 atom stereocenters. The molecule has 1 nitrogen and oxygen atoms in total. The van der Waals surface area contributed by atoms with Crippen LogP contribution in [-0.2, 0) is 0 Å². The van der Waals surface area contributed by atoms with Crippen LogP contribution in [0.1, 0.15) is 66.2 Å². The summed E-state index contributed by atoms with van der Waals surface area (Å²) >= 11 is 0. The van der Waals surface area contributed by atoms with Crippen LogP contribution in [-0.4, -0.2) is 10.7 Å². The molecule has 0 heterocycles. The summed E-state index contributed by atoms with van der Waals surface area (Å²) in [7, 11) is 0. The second-order valence-electron chi connectivity index (χ2n) is 6.01. The summed E-state index contributed by atoms with van der Waals surface area (Å²) in [6.07, 6.45) is 7.43. The molecule has 1 N–H and O–H groups in total. The van der Waals surface area contributed by atoms with Crippen LogP contribution in [0, 0.1) is 17.8 Å². The summed E-state index contributed by atoms with van der Waals surface area (Å²) in [5, 5.41) is 10.6. The van der Waals surface area contributed by atoms with E-state index in [9.17, 15) is 5.11 Å². The fraction of sp³-hybridized carbons (Fsp3) is 1.00. The lowest BCUT2D eigenvalue weighted by molar-refractivity contribution is -0.0574. The van der Waals surface area contributed by atoms with Gasteiger partial charge in [0.15, 0.2) is 0 Å². The summed E-state index contributed by atoms with van der Waals surface area (Å²) in [5.74, 6) is 1.89. The molecule has 1 saturated carbocycles. The zero-order chi connectivity index (χ0) is 11.5. The maximum atomic E-state index is 10.6. The van der Waals surface area contributed by atoms with Crippen molar-refractivity contribution in [2.45, 2.75) is 71.8 Å². The first-order valence-electron chi connectivity index (χ1n) is 6.69. The second kappa shape index (κ2) is 5.34. The molecule has 0 spiro atoms. The lowest BCUT2D eigenvalue weighted by atomic mass is 9.67. The number of rotatable bonds is 4. The van der Waals surface area contributed by atoms with Gasteiger partial charge in [-0.05, 0) is 37.5 Å². The maximum Gasteiger partial charge on any atom is 0.0652 e. The van der Waals surface area contributed by atoms with E-state index in [0.29, 0.717) is 11.8 Å².